The normalized spacial score (nSPS) is 19.2. The third kappa shape index (κ3) is 3.85. The summed E-state index contributed by atoms with van der Waals surface area (Å²) >= 11 is 7.28. The van der Waals surface area contributed by atoms with E-state index in [4.69, 9.17) is 16.3 Å². The number of aryl methyl sites for hydroxylation is 1. The van der Waals surface area contributed by atoms with Gasteiger partial charge < -0.3 is 25.0 Å². The van der Waals surface area contributed by atoms with E-state index in [1.165, 1.54) is 11.3 Å². The summed E-state index contributed by atoms with van der Waals surface area (Å²) in [5.74, 6) is -1.14. The van der Waals surface area contributed by atoms with Gasteiger partial charge in [-0.05, 0) is 25.5 Å². The molecule has 2 unspecified atom stereocenters. The molecule has 1 aromatic carbocycles. The number of carboxylic acids is 1. The molecule has 1 saturated heterocycles. The van der Waals surface area contributed by atoms with Gasteiger partial charge in [0, 0.05) is 20.2 Å². The molecule has 2 atom stereocenters. The zero-order valence-corrected chi connectivity index (χ0v) is 17.9. The highest BCUT2D eigenvalue weighted by atomic mass is 35.5. The highest BCUT2D eigenvalue weighted by Gasteiger charge is 2.32. The third-order valence-electron chi connectivity index (χ3n) is 5.12. The van der Waals surface area contributed by atoms with E-state index < -0.39 is 5.97 Å². The van der Waals surface area contributed by atoms with E-state index in [1.54, 1.807) is 32.2 Å². The summed E-state index contributed by atoms with van der Waals surface area (Å²) in [6.45, 7) is 2.91. The van der Waals surface area contributed by atoms with Gasteiger partial charge in [-0.15, -0.1) is 0 Å². The number of aromatic nitrogens is 3. The number of hydrogen-bond acceptors (Lipinski definition) is 7. The average Bonchev–Trinajstić information content (AvgIpc) is 3.31. The number of halogens is 1. The lowest BCUT2D eigenvalue weighted by Gasteiger charge is -2.37. The molecule has 0 spiro atoms. The minimum Gasteiger partial charge on any atom is -0.478 e. The van der Waals surface area contributed by atoms with Crippen LogP contribution in [0.1, 0.15) is 33.1 Å². The number of fused-ring (bicyclic) bond motifs is 1. The van der Waals surface area contributed by atoms with Gasteiger partial charge in [0.05, 0.1) is 33.6 Å². The molecule has 3 aromatic rings. The molecule has 1 aliphatic heterocycles. The molecule has 158 valence electrons. The van der Waals surface area contributed by atoms with E-state index >= 15 is 0 Å². The number of benzene rings is 1. The predicted octanol–water partition coefficient (Wildman–Crippen LogP) is 2.70. The first kappa shape index (κ1) is 20.6. The van der Waals surface area contributed by atoms with Crippen LogP contribution in [0, 0.1) is 6.92 Å². The van der Waals surface area contributed by atoms with Crippen LogP contribution < -0.4 is 10.2 Å². The van der Waals surface area contributed by atoms with Gasteiger partial charge >= 0.3 is 5.97 Å². The number of methoxy groups -OCH3 is 1. The van der Waals surface area contributed by atoms with E-state index in [0.29, 0.717) is 35.4 Å². The minimum atomic E-state index is -0.972. The van der Waals surface area contributed by atoms with Crippen molar-refractivity contribution in [3.8, 4) is 0 Å². The van der Waals surface area contributed by atoms with Crippen molar-refractivity contribution in [2.75, 3.05) is 25.1 Å². The van der Waals surface area contributed by atoms with Gasteiger partial charge in [0.2, 0.25) is 0 Å². The van der Waals surface area contributed by atoms with Crippen molar-refractivity contribution >= 4 is 50.2 Å². The van der Waals surface area contributed by atoms with E-state index in [2.05, 4.69) is 25.2 Å². The maximum Gasteiger partial charge on any atom is 0.337 e. The molecule has 0 saturated carbocycles. The maximum atomic E-state index is 12.5. The number of thiazole rings is 1. The number of aromatic amines is 1. The number of rotatable bonds is 5. The van der Waals surface area contributed by atoms with Crippen LogP contribution in [0.5, 0.6) is 0 Å². The van der Waals surface area contributed by atoms with Crippen molar-refractivity contribution in [3.63, 3.8) is 0 Å². The van der Waals surface area contributed by atoms with E-state index in [0.717, 1.165) is 5.13 Å². The largest absolute Gasteiger partial charge is 0.478 e. The monoisotopic (exact) mass is 449 g/mol. The summed E-state index contributed by atoms with van der Waals surface area (Å²) in [6, 6.07) is 4.87. The summed E-state index contributed by atoms with van der Waals surface area (Å²) in [6.07, 6.45) is 0.375. The Morgan fingerprint density at radius 2 is 2.20 bits per heavy atom. The van der Waals surface area contributed by atoms with Gasteiger partial charge in [-0.2, -0.15) is 0 Å². The number of nitrogens with one attached hydrogen (secondary N) is 2. The fourth-order valence-corrected chi connectivity index (χ4v) is 4.76. The van der Waals surface area contributed by atoms with Crippen molar-refractivity contribution in [2.45, 2.75) is 25.5 Å². The van der Waals surface area contributed by atoms with Crippen LogP contribution >= 0.6 is 22.9 Å². The number of piperidine rings is 1. The molecular formula is C19H20ClN5O4S. The second-order valence-electron chi connectivity index (χ2n) is 7.05. The van der Waals surface area contributed by atoms with E-state index in [9.17, 15) is 14.7 Å². The molecule has 1 amide bonds. The number of amides is 1. The van der Waals surface area contributed by atoms with Gasteiger partial charge in [-0.1, -0.05) is 29.0 Å². The Morgan fingerprint density at radius 1 is 1.40 bits per heavy atom. The van der Waals surface area contributed by atoms with Crippen LogP contribution in [-0.2, 0) is 4.74 Å². The Labute approximate surface area is 181 Å². The SMILES string of the molecule is COC1CN(c2nc3cccc(C(=O)O)c3s2)CCC1NC(=O)c1nc(Cl)c(C)[nH]1. The average molecular weight is 450 g/mol. The van der Waals surface area contributed by atoms with E-state index in [-0.39, 0.29) is 34.6 Å². The lowest BCUT2D eigenvalue weighted by atomic mass is 10.0. The molecule has 0 radical (unpaired) electrons. The topological polar surface area (TPSA) is 120 Å². The van der Waals surface area contributed by atoms with Crippen molar-refractivity contribution in [1.29, 1.82) is 0 Å². The fourth-order valence-electron chi connectivity index (χ4n) is 3.52. The number of ether oxygens (including phenoxy) is 1. The van der Waals surface area contributed by atoms with Crippen LogP contribution in [0.3, 0.4) is 0 Å². The van der Waals surface area contributed by atoms with Crippen LogP contribution in [0.25, 0.3) is 10.2 Å². The van der Waals surface area contributed by atoms with Crippen LogP contribution in [0.4, 0.5) is 5.13 Å². The second kappa shape index (κ2) is 8.21. The number of carboxylic acid groups (broad SMARTS) is 1. The van der Waals surface area contributed by atoms with Gasteiger partial charge in [0.25, 0.3) is 5.91 Å². The van der Waals surface area contributed by atoms with Gasteiger partial charge in [0.1, 0.15) is 0 Å². The van der Waals surface area contributed by atoms with Crippen molar-refractivity contribution in [3.05, 3.63) is 40.4 Å². The number of anilines is 1. The number of imidazole rings is 1. The number of H-pyrrole nitrogens is 1. The number of nitrogens with zero attached hydrogens (tertiary/aromatic N) is 3. The molecule has 1 fully saturated rings. The number of carbonyl (C=O) groups excluding carboxylic acids is 1. The fraction of sp³-hybridized carbons (Fsp3) is 0.368. The lowest BCUT2D eigenvalue weighted by molar-refractivity contribution is 0.0538. The minimum absolute atomic E-state index is 0.169. The van der Waals surface area contributed by atoms with Crippen LogP contribution in [-0.4, -0.2) is 64.3 Å². The molecule has 3 heterocycles. The molecule has 9 nitrogen and oxygen atoms in total. The molecule has 0 aliphatic carbocycles. The Hall–Kier alpha value is -2.69. The van der Waals surface area contributed by atoms with Crippen LogP contribution in [0.2, 0.25) is 5.15 Å². The summed E-state index contributed by atoms with van der Waals surface area (Å²) in [5, 5.41) is 13.4. The van der Waals surface area contributed by atoms with Crippen molar-refractivity contribution in [2.24, 2.45) is 0 Å². The molecule has 30 heavy (non-hydrogen) atoms. The number of hydrogen-bond donors (Lipinski definition) is 3. The van der Waals surface area contributed by atoms with Crippen molar-refractivity contribution in [1.82, 2.24) is 20.3 Å². The zero-order valence-electron chi connectivity index (χ0n) is 16.3. The first-order chi connectivity index (χ1) is 14.4. The molecule has 4 rings (SSSR count). The predicted molar refractivity (Wildman–Crippen MR) is 114 cm³/mol. The van der Waals surface area contributed by atoms with Gasteiger partial charge in [0.15, 0.2) is 16.1 Å². The Bertz CT molecular complexity index is 1090. The molecule has 1 aliphatic rings. The standard InChI is InChI=1S/C19H20ClN5O4S/c1-9-15(20)24-16(21-9)17(26)22-11-6-7-25(8-13(11)29-2)19-23-12-5-3-4-10(18(27)28)14(12)30-19/h3-5,11,13H,6-8H2,1-2H3,(H,21,24)(H,22,26)(H,27,28). The third-order valence-corrected chi connectivity index (χ3v) is 6.66. The van der Waals surface area contributed by atoms with E-state index in [1.807, 2.05) is 0 Å². The highest BCUT2D eigenvalue weighted by Crippen LogP contribution is 2.33. The first-order valence-corrected chi connectivity index (χ1v) is 10.5. The molecular weight excluding hydrogens is 430 g/mol. The first-order valence-electron chi connectivity index (χ1n) is 9.31. The number of carbonyl (C=O) groups is 2. The summed E-state index contributed by atoms with van der Waals surface area (Å²) in [5.41, 5.74) is 1.54. The highest BCUT2D eigenvalue weighted by molar-refractivity contribution is 7.22. The molecule has 3 N–H and O–H groups in total. The lowest BCUT2D eigenvalue weighted by Crippen LogP contribution is -2.55. The molecule has 0 bridgehead atoms. The Morgan fingerprint density at radius 3 is 2.87 bits per heavy atom. The van der Waals surface area contributed by atoms with Crippen LogP contribution in [0.15, 0.2) is 18.2 Å². The number of aromatic carboxylic acids is 1. The summed E-state index contributed by atoms with van der Waals surface area (Å²) in [7, 11) is 1.60. The van der Waals surface area contributed by atoms with Gasteiger partial charge in [-0.25, -0.2) is 14.8 Å². The smallest absolute Gasteiger partial charge is 0.337 e. The second-order valence-corrected chi connectivity index (χ2v) is 8.38. The maximum absolute atomic E-state index is 12.5. The summed E-state index contributed by atoms with van der Waals surface area (Å²) in [4.78, 5) is 37.5. The Balaban J connectivity index is 1.49. The summed E-state index contributed by atoms with van der Waals surface area (Å²) < 4.78 is 6.27. The quantitative estimate of drug-likeness (QED) is 0.547. The Kier molecular flexibility index (Phi) is 5.63. The van der Waals surface area contributed by atoms with Crippen molar-refractivity contribution < 1.29 is 19.4 Å². The molecule has 2 aromatic heterocycles. The molecule has 11 heteroatoms. The van der Waals surface area contributed by atoms with Gasteiger partial charge in [-0.3, -0.25) is 4.79 Å². The zero-order chi connectivity index (χ0) is 21.4.